The quantitative estimate of drug-likeness (QED) is 0.649. The minimum absolute atomic E-state index is 0.109. The number of nitriles is 1. The Morgan fingerprint density at radius 2 is 1.74 bits per heavy atom. The molecule has 1 aliphatic rings. The second-order valence-electron chi connectivity index (χ2n) is 7.80. The summed E-state index contributed by atoms with van der Waals surface area (Å²) in [4.78, 5) is 17.6. The van der Waals surface area contributed by atoms with Gasteiger partial charge in [0.1, 0.15) is 17.5 Å². The third-order valence-electron chi connectivity index (χ3n) is 5.83. The smallest absolute Gasteiger partial charge is 0.272 e. The average molecular weight is 415 g/mol. The number of benzene rings is 2. The molecule has 1 aromatic heterocycles. The molecule has 4 rings (SSSR count). The molecular formula is C25H26N4O2. The van der Waals surface area contributed by atoms with Crippen LogP contribution < -0.4 is 9.64 Å². The highest BCUT2D eigenvalue weighted by molar-refractivity contribution is 5.96. The van der Waals surface area contributed by atoms with Crippen molar-refractivity contribution in [1.82, 2.24) is 9.47 Å². The van der Waals surface area contributed by atoms with Gasteiger partial charge in [-0.25, -0.2) is 0 Å². The van der Waals surface area contributed by atoms with Gasteiger partial charge >= 0.3 is 0 Å². The summed E-state index contributed by atoms with van der Waals surface area (Å²) >= 11 is 0. The number of aromatic nitrogens is 1. The summed E-state index contributed by atoms with van der Waals surface area (Å²) in [6.07, 6.45) is 1.82. The van der Waals surface area contributed by atoms with Gasteiger partial charge in [-0.3, -0.25) is 4.79 Å². The molecule has 2 heterocycles. The van der Waals surface area contributed by atoms with Crippen LogP contribution in [0.4, 0.5) is 5.69 Å². The second kappa shape index (κ2) is 8.57. The molecular weight excluding hydrogens is 388 g/mol. The van der Waals surface area contributed by atoms with E-state index in [0.717, 1.165) is 28.3 Å². The van der Waals surface area contributed by atoms with Crippen LogP contribution in [0.5, 0.6) is 5.75 Å². The van der Waals surface area contributed by atoms with Crippen LogP contribution in [0.2, 0.25) is 0 Å². The minimum atomic E-state index is -0.109. The normalized spacial score (nSPS) is 13.7. The number of hydrogen-bond acceptors (Lipinski definition) is 4. The topological polar surface area (TPSA) is 61.5 Å². The Bertz CT molecular complexity index is 1150. The number of carbonyl (C=O) groups excluding carboxylic acids is 1. The van der Waals surface area contributed by atoms with Gasteiger partial charge in [0.15, 0.2) is 0 Å². The molecule has 0 N–H and O–H groups in total. The molecule has 31 heavy (non-hydrogen) atoms. The van der Waals surface area contributed by atoms with Gasteiger partial charge in [-0.1, -0.05) is 24.3 Å². The van der Waals surface area contributed by atoms with Gasteiger partial charge in [0.05, 0.1) is 18.4 Å². The Kier molecular flexibility index (Phi) is 5.68. The van der Waals surface area contributed by atoms with E-state index in [1.165, 1.54) is 0 Å². The highest BCUT2D eigenvalue weighted by Gasteiger charge is 2.28. The lowest BCUT2D eigenvalue weighted by atomic mass is 10.1. The molecule has 6 nitrogen and oxygen atoms in total. The number of nitrogens with zero attached hydrogens (tertiary/aromatic N) is 4. The molecule has 1 fully saturated rings. The number of amides is 1. The number of piperazine rings is 1. The maximum atomic E-state index is 13.5. The number of aryl methyl sites for hydroxylation is 2. The first-order valence-electron chi connectivity index (χ1n) is 10.4. The molecule has 1 amide bonds. The van der Waals surface area contributed by atoms with Gasteiger partial charge in [0.2, 0.25) is 0 Å². The predicted molar refractivity (Wildman–Crippen MR) is 121 cm³/mol. The lowest BCUT2D eigenvalue weighted by Gasteiger charge is -2.36. The fourth-order valence-electron chi connectivity index (χ4n) is 4.11. The minimum Gasteiger partial charge on any atom is -0.495 e. The SMILES string of the molecule is COc1ccccc1N1CCN(C(=O)c2c(C#N)ccn2-c2cc(C)ccc2C)CC1. The molecule has 0 unspecified atom stereocenters. The van der Waals surface area contributed by atoms with E-state index >= 15 is 0 Å². The average Bonchev–Trinajstić information content (AvgIpc) is 3.24. The van der Waals surface area contributed by atoms with Crippen LogP contribution in [0.3, 0.4) is 0 Å². The number of hydrogen-bond donors (Lipinski definition) is 0. The molecule has 1 aliphatic heterocycles. The van der Waals surface area contributed by atoms with Crippen LogP contribution >= 0.6 is 0 Å². The molecule has 0 bridgehead atoms. The highest BCUT2D eigenvalue weighted by Crippen LogP contribution is 2.29. The first-order chi connectivity index (χ1) is 15.0. The Morgan fingerprint density at radius 1 is 1.00 bits per heavy atom. The van der Waals surface area contributed by atoms with Crippen molar-refractivity contribution in [3.8, 4) is 17.5 Å². The van der Waals surface area contributed by atoms with Crippen molar-refractivity contribution in [2.75, 3.05) is 38.2 Å². The van der Waals surface area contributed by atoms with Gasteiger partial charge in [-0.2, -0.15) is 5.26 Å². The van der Waals surface area contributed by atoms with E-state index in [4.69, 9.17) is 4.74 Å². The van der Waals surface area contributed by atoms with Crippen LogP contribution in [0.1, 0.15) is 27.2 Å². The summed E-state index contributed by atoms with van der Waals surface area (Å²) < 4.78 is 7.34. The van der Waals surface area contributed by atoms with Crippen molar-refractivity contribution < 1.29 is 9.53 Å². The van der Waals surface area contributed by atoms with E-state index in [0.29, 0.717) is 37.4 Å². The zero-order valence-electron chi connectivity index (χ0n) is 18.1. The Hall–Kier alpha value is -3.72. The van der Waals surface area contributed by atoms with Crippen molar-refractivity contribution in [2.45, 2.75) is 13.8 Å². The molecule has 158 valence electrons. The van der Waals surface area contributed by atoms with Crippen LogP contribution in [0, 0.1) is 25.2 Å². The fourth-order valence-corrected chi connectivity index (χ4v) is 4.11. The third kappa shape index (κ3) is 3.87. The summed E-state index contributed by atoms with van der Waals surface area (Å²) in [5, 5.41) is 9.64. The van der Waals surface area contributed by atoms with Crippen LogP contribution in [-0.2, 0) is 0 Å². The van der Waals surface area contributed by atoms with E-state index in [1.807, 2.05) is 72.0 Å². The molecule has 0 aliphatic carbocycles. The van der Waals surface area contributed by atoms with E-state index in [9.17, 15) is 10.1 Å². The van der Waals surface area contributed by atoms with Crippen molar-refractivity contribution in [3.63, 3.8) is 0 Å². The molecule has 0 spiro atoms. The molecule has 2 aromatic carbocycles. The van der Waals surface area contributed by atoms with Gasteiger partial charge in [0, 0.05) is 38.1 Å². The van der Waals surface area contributed by atoms with E-state index in [1.54, 1.807) is 13.2 Å². The number of rotatable bonds is 4. The van der Waals surface area contributed by atoms with Crippen molar-refractivity contribution >= 4 is 11.6 Å². The number of para-hydroxylation sites is 2. The number of ether oxygens (including phenoxy) is 1. The monoisotopic (exact) mass is 414 g/mol. The molecule has 3 aromatic rings. The van der Waals surface area contributed by atoms with Crippen molar-refractivity contribution in [2.24, 2.45) is 0 Å². The van der Waals surface area contributed by atoms with Gasteiger partial charge in [0.25, 0.3) is 5.91 Å². The van der Waals surface area contributed by atoms with Crippen molar-refractivity contribution in [3.05, 3.63) is 77.1 Å². The molecule has 0 atom stereocenters. The zero-order valence-corrected chi connectivity index (χ0v) is 18.1. The summed E-state index contributed by atoms with van der Waals surface area (Å²) in [6.45, 7) is 6.62. The largest absolute Gasteiger partial charge is 0.495 e. The number of methoxy groups -OCH3 is 1. The third-order valence-corrected chi connectivity index (χ3v) is 5.83. The highest BCUT2D eigenvalue weighted by atomic mass is 16.5. The predicted octanol–water partition coefficient (Wildman–Crippen LogP) is 3.94. The van der Waals surface area contributed by atoms with Gasteiger partial charge in [-0.15, -0.1) is 0 Å². The molecule has 1 saturated heterocycles. The Labute approximate surface area is 182 Å². The van der Waals surface area contributed by atoms with E-state index < -0.39 is 0 Å². The van der Waals surface area contributed by atoms with Crippen LogP contribution in [0.15, 0.2) is 54.7 Å². The Morgan fingerprint density at radius 3 is 2.45 bits per heavy atom. The first kappa shape index (κ1) is 20.5. The molecule has 6 heteroatoms. The van der Waals surface area contributed by atoms with Gasteiger partial charge in [-0.05, 0) is 49.2 Å². The lowest BCUT2D eigenvalue weighted by Crippen LogP contribution is -2.49. The fraction of sp³-hybridized carbons (Fsp3) is 0.280. The summed E-state index contributed by atoms with van der Waals surface area (Å²) in [7, 11) is 1.67. The van der Waals surface area contributed by atoms with Crippen molar-refractivity contribution in [1.29, 1.82) is 5.26 Å². The van der Waals surface area contributed by atoms with Gasteiger partial charge < -0.3 is 19.1 Å². The molecule has 0 saturated carbocycles. The Balaban J connectivity index is 1.59. The summed E-state index contributed by atoms with van der Waals surface area (Å²) in [6, 6.07) is 18.0. The first-order valence-corrected chi connectivity index (χ1v) is 10.4. The second-order valence-corrected chi connectivity index (χ2v) is 7.80. The molecule has 0 radical (unpaired) electrons. The summed E-state index contributed by atoms with van der Waals surface area (Å²) in [5.41, 5.74) is 4.96. The number of carbonyl (C=O) groups is 1. The van der Waals surface area contributed by atoms with Crippen LogP contribution in [0.25, 0.3) is 5.69 Å². The zero-order chi connectivity index (χ0) is 22.0. The summed E-state index contributed by atoms with van der Waals surface area (Å²) in [5.74, 6) is 0.722. The van der Waals surface area contributed by atoms with E-state index in [2.05, 4.69) is 11.0 Å². The van der Waals surface area contributed by atoms with Crippen LogP contribution in [-0.4, -0.2) is 48.7 Å². The maximum absolute atomic E-state index is 13.5. The number of anilines is 1. The standard InChI is InChI=1S/C25H26N4O2/c1-18-8-9-19(2)22(16-18)29-11-10-20(17-26)24(29)25(30)28-14-12-27(13-15-28)21-6-4-5-7-23(21)31-3/h4-11,16H,12-15H2,1-3H3. The lowest BCUT2D eigenvalue weighted by molar-refractivity contribution is 0.0738. The van der Waals surface area contributed by atoms with E-state index in [-0.39, 0.29) is 5.91 Å². The maximum Gasteiger partial charge on any atom is 0.272 e.